The Bertz CT molecular complexity index is 573. The number of aliphatic carboxylic acids is 1. The van der Waals surface area contributed by atoms with Crippen LogP contribution in [0.2, 0.25) is 0 Å². The molecule has 5 heteroatoms. The maximum Gasteiger partial charge on any atom is 0.347 e. The lowest BCUT2D eigenvalue weighted by Gasteiger charge is -2.02. The molecule has 1 aromatic carbocycles. The molecule has 2 rings (SSSR count). The molecule has 1 aliphatic rings. The van der Waals surface area contributed by atoms with Crippen LogP contribution in [0.1, 0.15) is 11.1 Å². The van der Waals surface area contributed by atoms with Crippen molar-refractivity contribution in [3.05, 3.63) is 53.0 Å². The molecule has 1 fully saturated rings. The minimum absolute atomic E-state index is 0.212. The number of allylic oxidation sites excluding steroid dienone is 1. The SMILES string of the molecule is Cc1ccc(/C=C/C(=O)C(C(=O)O)=C2OCCO2)cc1. The zero-order chi connectivity index (χ0) is 14.5. The van der Waals surface area contributed by atoms with Crippen LogP contribution in [0.4, 0.5) is 0 Å². The summed E-state index contributed by atoms with van der Waals surface area (Å²) in [6, 6.07) is 7.50. The number of aryl methyl sites for hydroxylation is 1. The smallest absolute Gasteiger partial charge is 0.347 e. The van der Waals surface area contributed by atoms with E-state index >= 15 is 0 Å². The second-order valence-electron chi connectivity index (χ2n) is 4.27. The molecule has 0 aliphatic carbocycles. The first kappa shape index (κ1) is 13.9. The summed E-state index contributed by atoms with van der Waals surface area (Å²) in [6.45, 7) is 2.46. The first-order chi connectivity index (χ1) is 9.58. The number of carbonyl (C=O) groups is 2. The third-order valence-electron chi connectivity index (χ3n) is 2.72. The molecule has 1 aromatic rings. The first-order valence-electron chi connectivity index (χ1n) is 6.10. The van der Waals surface area contributed by atoms with E-state index in [9.17, 15) is 9.59 Å². The highest BCUT2D eigenvalue weighted by Crippen LogP contribution is 2.16. The predicted octanol–water partition coefficient (Wildman–Crippen LogP) is 1.92. The third kappa shape index (κ3) is 3.26. The number of carbonyl (C=O) groups excluding carboxylic acids is 1. The molecule has 1 heterocycles. The summed E-state index contributed by atoms with van der Waals surface area (Å²) in [5.74, 6) is -2.23. The Morgan fingerprint density at radius 1 is 1.15 bits per heavy atom. The van der Waals surface area contributed by atoms with E-state index in [4.69, 9.17) is 14.6 Å². The number of hydrogen-bond acceptors (Lipinski definition) is 4. The van der Waals surface area contributed by atoms with E-state index in [1.807, 2.05) is 31.2 Å². The van der Waals surface area contributed by atoms with Gasteiger partial charge in [0, 0.05) is 0 Å². The quantitative estimate of drug-likeness (QED) is 0.516. The van der Waals surface area contributed by atoms with Crippen LogP contribution in [0.25, 0.3) is 6.08 Å². The van der Waals surface area contributed by atoms with Crippen molar-refractivity contribution in [1.29, 1.82) is 0 Å². The van der Waals surface area contributed by atoms with Crippen LogP contribution >= 0.6 is 0 Å². The van der Waals surface area contributed by atoms with Crippen LogP contribution in [0, 0.1) is 6.92 Å². The summed E-state index contributed by atoms with van der Waals surface area (Å²) in [7, 11) is 0. The number of benzene rings is 1. The van der Waals surface area contributed by atoms with Crippen molar-refractivity contribution in [2.75, 3.05) is 13.2 Å². The number of ketones is 1. The van der Waals surface area contributed by atoms with Crippen LogP contribution < -0.4 is 0 Å². The second-order valence-corrected chi connectivity index (χ2v) is 4.27. The fraction of sp³-hybridized carbons (Fsp3) is 0.200. The summed E-state index contributed by atoms with van der Waals surface area (Å²) in [5, 5.41) is 9.07. The summed E-state index contributed by atoms with van der Waals surface area (Å²) in [6.07, 6.45) is 2.76. The maximum atomic E-state index is 11.9. The van der Waals surface area contributed by atoms with Gasteiger partial charge in [-0.3, -0.25) is 4.79 Å². The molecule has 20 heavy (non-hydrogen) atoms. The lowest BCUT2D eigenvalue weighted by molar-refractivity contribution is -0.134. The summed E-state index contributed by atoms with van der Waals surface area (Å²) in [4.78, 5) is 23.0. The molecule has 1 saturated heterocycles. The number of hydrogen-bond donors (Lipinski definition) is 1. The molecule has 1 N–H and O–H groups in total. The topological polar surface area (TPSA) is 72.8 Å². The Balaban J connectivity index is 2.19. The lowest BCUT2D eigenvalue weighted by Crippen LogP contribution is -2.13. The van der Waals surface area contributed by atoms with Gasteiger partial charge in [0.1, 0.15) is 13.2 Å². The van der Waals surface area contributed by atoms with Crippen molar-refractivity contribution in [1.82, 2.24) is 0 Å². The molecule has 0 aromatic heterocycles. The molecule has 0 amide bonds. The van der Waals surface area contributed by atoms with Gasteiger partial charge in [-0.1, -0.05) is 35.9 Å². The minimum atomic E-state index is -1.36. The van der Waals surface area contributed by atoms with Crippen molar-refractivity contribution < 1.29 is 24.2 Å². The zero-order valence-electron chi connectivity index (χ0n) is 11.0. The van der Waals surface area contributed by atoms with Crippen molar-refractivity contribution in [2.45, 2.75) is 6.92 Å². The number of carboxylic acids is 1. The van der Waals surface area contributed by atoms with E-state index in [1.165, 1.54) is 6.08 Å². The molecule has 0 unspecified atom stereocenters. The lowest BCUT2D eigenvalue weighted by atomic mass is 10.1. The van der Waals surface area contributed by atoms with E-state index in [0.29, 0.717) is 0 Å². The molecule has 0 radical (unpaired) electrons. The molecule has 0 spiro atoms. The number of ether oxygens (including phenoxy) is 2. The average Bonchev–Trinajstić information content (AvgIpc) is 2.91. The van der Waals surface area contributed by atoms with Gasteiger partial charge in [0.2, 0.25) is 0 Å². The molecular formula is C15H14O5. The zero-order valence-corrected chi connectivity index (χ0v) is 11.0. The molecule has 0 atom stereocenters. The van der Waals surface area contributed by atoms with Crippen molar-refractivity contribution >= 4 is 17.8 Å². The second kappa shape index (κ2) is 6.06. The number of rotatable bonds is 4. The van der Waals surface area contributed by atoms with E-state index in [0.717, 1.165) is 11.1 Å². The number of carboxylic acid groups (broad SMARTS) is 1. The van der Waals surface area contributed by atoms with Crippen molar-refractivity contribution in [3.8, 4) is 0 Å². The Hall–Kier alpha value is -2.56. The van der Waals surface area contributed by atoms with Crippen molar-refractivity contribution in [2.24, 2.45) is 0 Å². The van der Waals surface area contributed by atoms with Gasteiger partial charge >= 0.3 is 5.97 Å². The fourth-order valence-electron chi connectivity index (χ4n) is 1.68. The standard InChI is InChI=1S/C15H14O5/c1-10-2-4-11(5-3-10)6-7-12(16)13(14(17)18)15-19-8-9-20-15/h2-7H,8-9H2,1H3,(H,17,18)/b7-6+. The largest absolute Gasteiger partial charge is 0.477 e. The highest BCUT2D eigenvalue weighted by molar-refractivity contribution is 6.22. The van der Waals surface area contributed by atoms with E-state index in [1.54, 1.807) is 6.08 Å². The van der Waals surface area contributed by atoms with E-state index in [-0.39, 0.29) is 19.2 Å². The molecule has 104 valence electrons. The molecule has 5 nitrogen and oxygen atoms in total. The normalized spacial score (nSPS) is 13.9. The van der Waals surface area contributed by atoms with Gasteiger partial charge < -0.3 is 14.6 Å². The van der Waals surface area contributed by atoms with Crippen LogP contribution in [0.3, 0.4) is 0 Å². The molecule has 1 aliphatic heterocycles. The van der Waals surface area contributed by atoms with Gasteiger partial charge in [0.05, 0.1) is 0 Å². The van der Waals surface area contributed by atoms with Gasteiger partial charge in [0.15, 0.2) is 11.4 Å². The maximum absolute atomic E-state index is 11.9. The van der Waals surface area contributed by atoms with Gasteiger partial charge in [0.25, 0.3) is 5.95 Å². The minimum Gasteiger partial charge on any atom is -0.477 e. The molecular weight excluding hydrogens is 260 g/mol. The summed E-state index contributed by atoms with van der Waals surface area (Å²) >= 11 is 0. The van der Waals surface area contributed by atoms with Gasteiger partial charge in [-0.2, -0.15) is 0 Å². The van der Waals surface area contributed by atoms with Crippen LogP contribution in [0.15, 0.2) is 41.9 Å². The van der Waals surface area contributed by atoms with Crippen molar-refractivity contribution in [3.63, 3.8) is 0 Å². The molecule has 0 bridgehead atoms. The van der Waals surface area contributed by atoms with Crippen LogP contribution in [0.5, 0.6) is 0 Å². The Labute approximate surface area is 116 Å². The molecule has 0 saturated carbocycles. The Morgan fingerprint density at radius 3 is 2.30 bits per heavy atom. The van der Waals surface area contributed by atoms with Gasteiger partial charge in [-0.25, -0.2) is 4.79 Å². The monoisotopic (exact) mass is 274 g/mol. The highest BCUT2D eigenvalue weighted by Gasteiger charge is 2.26. The fourth-order valence-corrected chi connectivity index (χ4v) is 1.68. The van der Waals surface area contributed by atoms with E-state index in [2.05, 4.69) is 0 Å². The highest BCUT2D eigenvalue weighted by atomic mass is 16.7. The average molecular weight is 274 g/mol. The summed E-state index contributed by atoms with van der Waals surface area (Å²) < 4.78 is 9.97. The van der Waals surface area contributed by atoms with Crippen LogP contribution in [-0.2, 0) is 19.1 Å². The van der Waals surface area contributed by atoms with Crippen LogP contribution in [-0.4, -0.2) is 30.1 Å². The third-order valence-corrected chi connectivity index (χ3v) is 2.72. The predicted molar refractivity (Wildman–Crippen MR) is 71.8 cm³/mol. The Morgan fingerprint density at radius 2 is 1.75 bits per heavy atom. The van der Waals surface area contributed by atoms with Gasteiger partial charge in [-0.05, 0) is 18.6 Å². The summed E-state index contributed by atoms with van der Waals surface area (Å²) in [5.41, 5.74) is 1.44. The Kier molecular flexibility index (Phi) is 4.20. The first-order valence-corrected chi connectivity index (χ1v) is 6.10. The van der Waals surface area contributed by atoms with Gasteiger partial charge in [-0.15, -0.1) is 0 Å². The van der Waals surface area contributed by atoms with E-state index < -0.39 is 17.3 Å².